The van der Waals surface area contributed by atoms with E-state index in [0.29, 0.717) is 37.3 Å². The van der Waals surface area contributed by atoms with Gasteiger partial charge in [-0.05, 0) is 62.6 Å². The summed E-state index contributed by atoms with van der Waals surface area (Å²) < 4.78 is 8.41. The molecule has 2 unspecified atom stereocenters. The Kier molecular flexibility index (Phi) is 7.94. The molecule has 11 nitrogen and oxygen atoms in total. The van der Waals surface area contributed by atoms with Crippen molar-refractivity contribution in [2.45, 2.75) is 77.3 Å². The molecule has 2 fully saturated rings. The van der Waals surface area contributed by atoms with E-state index in [2.05, 4.69) is 20.8 Å². The number of amides is 2. The first-order valence-corrected chi connectivity index (χ1v) is 14.0. The largest absolute Gasteiger partial charge is 0.468 e. The first-order chi connectivity index (χ1) is 18.9. The summed E-state index contributed by atoms with van der Waals surface area (Å²) in [5.74, 6) is -0.761. The summed E-state index contributed by atoms with van der Waals surface area (Å²) in [7, 11) is 1.31. The number of esters is 1. The zero-order valence-corrected chi connectivity index (χ0v) is 22.7. The molecule has 1 saturated heterocycles. The predicted molar refractivity (Wildman–Crippen MR) is 143 cm³/mol. The maximum absolute atomic E-state index is 13.3. The average Bonchev–Trinajstić information content (AvgIpc) is 3.51. The third-order valence-electron chi connectivity index (χ3n) is 8.20. The molecule has 1 aliphatic heterocycles. The highest BCUT2D eigenvalue weighted by atomic mass is 16.5. The number of imidazole rings is 1. The molecule has 3 aromatic rings. The van der Waals surface area contributed by atoms with E-state index >= 15 is 0 Å². The van der Waals surface area contributed by atoms with Crippen LogP contribution >= 0.6 is 0 Å². The van der Waals surface area contributed by atoms with E-state index in [1.165, 1.54) is 20.0 Å². The summed E-state index contributed by atoms with van der Waals surface area (Å²) in [4.78, 5) is 43.8. The third kappa shape index (κ3) is 5.39. The summed E-state index contributed by atoms with van der Waals surface area (Å²) in [5, 5.41) is 14.9. The van der Waals surface area contributed by atoms with Crippen LogP contribution in [0, 0.1) is 11.3 Å². The number of hydrogen-bond acceptors (Lipinski definition) is 7. The minimum absolute atomic E-state index is 0.169. The van der Waals surface area contributed by atoms with Crippen LogP contribution in [0.15, 0.2) is 30.7 Å². The molecule has 1 saturated carbocycles. The van der Waals surface area contributed by atoms with E-state index in [1.807, 2.05) is 19.2 Å². The summed E-state index contributed by atoms with van der Waals surface area (Å²) >= 11 is 0. The Morgan fingerprint density at radius 1 is 1.21 bits per heavy atom. The molecule has 2 amide bonds. The standard InChI is InChI=1S/C28H37N7O4/c1-3-34-22(11-14-30-34)25(36)33-24(20-9-6-4-5-7-10-20)21-18-35-23(32-21)15-19(17-31-35)16-28(27(38)39-2)12-8-13-29-26(28)37/h11,14-15,17-18,20,24H,3-10,12-13,16H2,1-2H3,(H,29,37)(H,33,36). The normalized spacial score (nSPS) is 21.2. The van der Waals surface area contributed by atoms with E-state index in [4.69, 9.17) is 9.72 Å². The number of rotatable bonds is 8. The lowest BCUT2D eigenvalue weighted by atomic mass is 9.75. The van der Waals surface area contributed by atoms with E-state index in [0.717, 1.165) is 36.9 Å². The maximum atomic E-state index is 13.3. The molecule has 2 atom stereocenters. The van der Waals surface area contributed by atoms with Gasteiger partial charge in [-0.25, -0.2) is 9.50 Å². The molecule has 39 heavy (non-hydrogen) atoms. The number of hydrogen-bond donors (Lipinski definition) is 2. The summed E-state index contributed by atoms with van der Waals surface area (Å²) in [5.41, 5.74) is 1.33. The van der Waals surface area contributed by atoms with Crippen LogP contribution < -0.4 is 10.6 Å². The van der Waals surface area contributed by atoms with Crippen LogP contribution in [0.25, 0.3) is 5.65 Å². The molecule has 0 aromatic carbocycles. The number of piperidine rings is 1. The number of methoxy groups -OCH3 is 1. The third-order valence-corrected chi connectivity index (χ3v) is 8.20. The molecule has 2 aliphatic rings. The molecule has 4 heterocycles. The van der Waals surface area contributed by atoms with Gasteiger partial charge < -0.3 is 15.4 Å². The van der Waals surface area contributed by atoms with Crippen molar-refractivity contribution in [2.75, 3.05) is 13.7 Å². The van der Waals surface area contributed by atoms with Gasteiger partial charge in [-0.15, -0.1) is 0 Å². The Labute approximate surface area is 227 Å². The SMILES string of the molecule is CCn1nccc1C(=O)NC(c1cn2ncc(CC3(C(=O)OC)CCCNC3=O)cc2n1)C1CCCCCC1. The van der Waals surface area contributed by atoms with E-state index < -0.39 is 11.4 Å². The number of carbonyl (C=O) groups is 3. The van der Waals surface area contributed by atoms with Gasteiger partial charge in [0.05, 0.1) is 31.2 Å². The smallest absolute Gasteiger partial charge is 0.321 e. The van der Waals surface area contributed by atoms with Gasteiger partial charge in [0.25, 0.3) is 5.91 Å². The molecule has 0 spiro atoms. The second kappa shape index (κ2) is 11.5. The fourth-order valence-electron chi connectivity index (χ4n) is 6.11. The highest BCUT2D eigenvalue weighted by molar-refractivity contribution is 6.03. The first-order valence-electron chi connectivity index (χ1n) is 14.0. The predicted octanol–water partition coefficient (Wildman–Crippen LogP) is 3.00. The number of nitrogens with one attached hydrogen (secondary N) is 2. The highest BCUT2D eigenvalue weighted by Gasteiger charge is 2.48. The van der Waals surface area contributed by atoms with E-state index in [-0.39, 0.29) is 30.2 Å². The van der Waals surface area contributed by atoms with Crippen molar-refractivity contribution >= 4 is 23.4 Å². The van der Waals surface area contributed by atoms with Gasteiger partial charge in [0, 0.05) is 19.3 Å². The molecule has 0 bridgehead atoms. The van der Waals surface area contributed by atoms with E-state index in [9.17, 15) is 14.4 Å². The van der Waals surface area contributed by atoms with Crippen LogP contribution in [0.1, 0.15) is 86.1 Å². The first kappa shape index (κ1) is 26.8. The number of carbonyl (C=O) groups excluding carboxylic acids is 3. The Balaban J connectivity index is 1.46. The Bertz CT molecular complexity index is 1330. The molecule has 11 heteroatoms. The summed E-state index contributed by atoms with van der Waals surface area (Å²) in [6.07, 6.45) is 13.2. The summed E-state index contributed by atoms with van der Waals surface area (Å²) in [6.45, 7) is 3.11. The van der Waals surface area contributed by atoms with Crippen LogP contribution in [-0.2, 0) is 27.3 Å². The topological polar surface area (TPSA) is 133 Å². The zero-order valence-electron chi connectivity index (χ0n) is 22.7. The number of aromatic nitrogens is 5. The molecule has 0 radical (unpaired) electrons. The van der Waals surface area contributed by atoms with Crippen LogP contribution in [0.5, 0.6) is 0 Å². The highest BCUT2D eigenvalue weighted by Crippen LogP contribution is 2.35. The van der Waals surface area contributed by atoms with E-state index in [1.54, 1.807) is 27.7 Å². The minimum Gasteiger partial charge on any atom is -0.468 e. The molecule has 2 N–H and O–H groups in total. The van der Waals surface area contributed by atoms with Gasteiger partial charge in [-0.1, -0.05) is 25.7 Å². The van der Waals surface area contributed by atoms with Gasteiger partial charge in [-0.3, -0.25) is 19.1 Å². The van der Waals surface area contributed by atoms with Gasteiger partial charge in [-0.2, -0.15) is 10.2 Å². The maximum Gasteiger partial charge on any atom is 0.321 e. The van der Waals surface area contributed by atoms with Crippen molar-refractivity contribution in [3.8, 4) is 0 Å². The van der Waals surface area contributed by atoms with Gasteiger partial charge in [0.2, 0.25) is 5.91 Å². The lowest BCUT2D eigenvalue weighted by Gasteiger charge is -2.33. The van der Waals surface area contributed by atoms with Crippen molar-refractivity contribution in [3.05, 3.63) is 47.7 Å². The Hall–Kier alpha value is -3.76. The van der Waals surface area contributed by atoms with Gasteiger partial charge in [0.15, 0.2) is 11.1 Å². The number of aryl methyl sites for hydroxylation is 1. The van der Waals surface area contributed by atoms with Gasteiger partial charge >= 0.3 is 5.97 Å². The number of nitrogens with zero attached hydrogens (tertiary/aromatic N) is 5. The second-order valence-corrected chi connectivity index (χ2v) is 10.7. The monoisotopic (exact) mass is 535 g/mol. The quantitative estimate of drug-likeness (QED) is 0.257. The van der Waals surface area contributed by atoms with Crippen molar-refractivity contribution in [1.82, 2.24) is 35.0 Å². The lowest BCUT2D eigenvalue weighted by molar-refractivity contribution is -0.161. The van der Waals surface area contributed by atoms with Crippen LogP contribution in [0.3, 0.4) is 0 Å². The van der Waals surface area contributed by atoms with Crippen molar-refractivity contribution in [3.63, 3.8) is 0 Å². The Morgan fingerprint density at radius 3 is 2.72 bits per heavy atom. The molecule has 5 rings (SSSR count). The fourth-order valence-corrected chi connectivity index (χ4v) is 6.11. The van der Waals surface area contributed by atoms with Crippen LogP contribution in [0.2, 0.25) is 0 Å². The van der Waals surface area contributed by atoms with Crippen LogP contribution in [0.4, 0.5) is 0 Å². The number of fused-ring (bicyclic) bond motifs is 1. The Morgan fingerprint density at radius 2 is 2.00 bits per heavy atom. The van der Waals surface area contributed by atoms with Crippen molar-refractivity contribution in [2.24, 2.45) is 11.3 Å². The van der Waals surface area contributed by atoms with Crippen molar-refractivity contribution in [1.29, 1.82) is 0 Å². The second-order valence-electron chi connectivity index (χ2n) is 10.7. The summed E-state index contributed by atoms with van der Waals surface area (Å²) in [6, 6.07) is 3.33. The molecule has 1 aliphatic carbocycles. The molecule has 208 valence electrons. The van der Waals surface area contributed by atoms with Gasteiger partial charge in [0.1, 0.15) is 5.69 Å². The minimum atomic E-state index is -1.28. The molecule has 3 aromatic heterocycles. The fraction of sp³-hybridized carbons (Fsp3) is 0.571. The molecular weight excluding hydrogens is 498 g/mol. The molecular formula is C28H37N7O4. The average molecular weight is 536 g/mol. The lowest BCUT2D eigenvalue weighted by Crippen LogP contribution is -2.52. The number of ether oxygens (including phenoxy) is 1. The van der Waals surface area contributed by atoms with Crippen LogP contribution in [-0.4, -0.2) is 55.8 Å². The van der Waals surface area contributed by atoms with Crippen molar-refractivity contribution < 1.29 is 19.1 Å². The zero-order chi connectivity index (χ0) is 27.4.